The first-order chi connectivity index (χ1) is 9.69. The van der Waals surface area contributed by atoms with Gasteiger partial charge in [-0.25, -0.2) is 0 Å². The number of rotatable bonds is 5. The predicted octanol–water partition coefficient (Wildman–Crippen LogP) is 2.03. The lowest BCUT2D eigenvalue weighted by molar-refractivity contribution is -0.143. The van der Waals surface area contributed by atoms with Crippen LogP contribution in [0.5, 0.6) is 0 Å². The number of likely N-dealkylation sites (tertiary alicyclic amines) is 1. The van der Waals surface area contributed by atoms with Gasteiger partial charge in [-0.3, -0.25) is 9.59 Å². The molecule has 20 heavy (non-hydrogen) atoms. The van der Waals surface area contributed by atoms with Crippen molar-refractivity contribution in [1.82, 2.24) is 4.90 Å². The number of methoxy groups -OCH3 is 1. The average molecular weight is 275 g/mol. The van der Waals surface area contributed by atoms with Gasteiger partial charge in [0, 0.05) is 19.5 Å². The fourth-order valence-corrected chi connectivity index (χ4v) is 2.64. The van der Waals surface area contributed by atoms with Gasteiger partial charge in [0.05, 0.1) is 13.5 Å². The lowest BCUT2D eigenvalue weighted by Gasteiger charge is -2.16. The Morgan fingerprint density at radius 1 is 1.25 bits per heavy atom. The normalized spacial score (nSPS) is 18.1. The lowest BCUT2D eigenvalue weighted by Crippen LogP contribution is -2.29. The van der Waals surface area contributed by atoms with Crippen molar-refractivity contribution in [3.63, 3.8) is 0 Å². The maximum absolute atomic E-state index is 12.0. The average Bonchev–Trinajstić information content (AvgIpc) is 2.94. The largest absolute Gasteiger partial charge is 0.469 e. The minimum atomic E-state index is -0.321. The molecule has 1 aromatic rings. The molecule has 0 spiro atoms. The van der Waals surface area contributed by atoms with Gasteiger partial charge in [0.2, 0.25) is 5.91 Å². The van der Waals surface area contributed by atoms with E-state index in [0.29, 0.717) is 5.92 Å². The molecule has 4 nitrogen and oxygen atoms in total. The van der Waals surface area contributed by atoms with Gasteiger partial charge in [0.25, 0.3) is 0 Å². The summed E-state index contributed by atoms with van der Waals surface area (Å²) in [6, 6.07) is 10.4. The van der Waals surface area contributed by atoms with Gasteiger partial charge >= 0.3 is 5.97 Å². The third-order valence-corrected chi connectivity index (χ3v) is 3.78. The molecule has 1 atom stereocenters. The van der Waals surface area contributed by atoms with E-state index in [1.54, 1.807) is 0 Å². The van der Waals surface area contributed by atoms with Crippen molar-refractivity contribution in [1.29, 1.82) is 0 Å². The number of carbonyl (C=O) groups is 2. The van der Waals surface area contributed by atoms with Crippen LogP contribution in [0.25, 0.3) is 0 Å². The topological polar surface area (TPSA) is 46.6 Å². The first kappa shape index (κ1) is 14.6. The molecule has 1 saturated heterocycles. The van der Waals surface area contributed by atoms with E-state index in [1.165, 1.54) is 12.7 Å². The fraction of sp³-hybridized carbons (Fsp3) is 0.500. The highest BCUT2D eigenvalue weighted by atomic mass is 16.5. The first-order valence-corrected chi connectivity index (χ1v) is 7.07. The van der Waals surface area contributed by atoms with E-state index in [9.17, 15) is 9.59 Å². The molecule has 4 heteroatoms. The first-order valence-electron chi connectivity index (χ1n) is 7.07. The van der Waals surface area contributed by atoms with Crippen LogP contribution in [0.4, 0.5) is 0 Å². The van der Waals surface area contributed by atoms with Crippen LogP contribution in [-0.4, -0.2) is 37.0 Å². The zero-order chi connectivity index (χ0) is 14.4. The van der Waals surface area contributed by atoms with Gasteiger partial charge in [-0.15, -0.1) is 0 Å². The summed E-state index contributed by atoms with van der Waals surface area (Å²) < 4.78 is 4.55. The number of ether oxygens (including phenoxy) is 1. The van der Waals surface area contributed by atoms with Crippen LogP contribution in [0.3, 0.4) is 0 Å². The van der Waals surface area contributed by atoms with Gasteiger partial charge in [-0.1, -0.05) is 30.3 Å². The maximum atomic E-state index is 12.0. The van der Waals surface area contributed by atoms with Gasteiger partial charge in [-0.05, 0) is 24.3 Å². The molecule has 1 fully saturated rings. The maximum Gasteiger partial charge on any atom is 0.306 e. The Bertz CT molecular complexity index is 458. The predicted molar refractivity (Wildman–Crippen MR) is 76.1 cm³/mol. The molecular weight excluding hydrogens is 254 g/mol. The molecule has 1 heterocycles. The molecule has 0 bridgehead atoms. The van der Waals surface area contributed by atoms with Gasteiger partial charge in [0.15, 0.2) is 0 Å². The number of amides is 1. The summed E-state index contributed by atoms with van der Waals surface area (Å²) >= 11 is 0. The zero-order valence-corrected chi connectivity index (χ0v) is 11.9. The van der Waals surface area contributed by atoms with Crippen LogP contribution < -0.4 is 0 Å². The molecule has 0 N–H and O–H groups in total. The van der Waals surface area contributed by atoms with Gasteiger partial charge in [-0.2, -0.15) is 0 Å². The third kappa shape index (κ3) is 4.08. The van der Waals surface area contributed by atoms with Gasteiger partial charge in [0.1, 0.15) is 0 Å². The smallest absolute Gasteiger partial charge is 0.306 e. The SMILES string of the molecule is COC(=O)CCC(=O)N1CC[C@@H](Cc2ccccc2)C1. The molecule has 0 radical (unpaired) electrons. The van der Waals surface area contributed by atoms with E-state index in [2.05, 4.69) is 16.9 Å². The van der Waals surface area contributed by atoms with Crippen molar-refractivity contribution < 1.29 is 14.3 Å². The van der Waals surface area contributed by atoms with Crippen LogP contribution in [0.1, 0.15) is 24.8 Å². The molecule has 0 aromatic heterocycles. The Labute approximate surface area is 119 Å². The Balaban J connectivity index is 1.77. The van der Waals surface area contributed by atoms with Gasteiger partial charge < -0.3 is 9.64 Å². The second-order valence-corrected chi connectivity index (χ2v) is 5.26. The molecule has 0 unspecified atom stereocenters. The molecule has 108 valence electrons. The molecule has 2 rings (SSSR count). The van der Waals surface area contributed by atoms with E-state index in [1.807, 2.05) is 23.1 Å². The number of nitrogens with zero attached hydrogens (tertiary/aromatic N) is 1. The highest BCUT2D eigenvalue weighted by Gasteiger charge is 2.26. The van der Waals surface area contributed by atoms with E-state index in [0.717, 1.165) is 25.9 Å². The molecule has 1 amide bonds. The highest BCUT2D eigenvalue weighted by molar-refractivity contribution is 5.81. The molecular formula is C16H21NO3. The highest BCUT2D eigenvalue weighted by Crippen LogP contribution is 2.21. The van der Waals surface area contributed by atoms with Crippen molar-refractivity contribution in [2.75, 3.05) is 20.2 Å². The quantitative estimate of drug-likeness (QED) is 0.772. The Morgan fingerprint density at radius 3 is 2.70 bits per heavy atom. The van der Waals surface area contributed by atoms with E-state index >= 15 is 0 Å². The van der Waals surface area contributed by atoms with Crippen molar-refractivity contribution in [2.24, 2.45) is 5.92 Å². The Morgan fingerprint density at radius 2 is 2.00 bits per heavy atom. The minimum Gasteiger partial charge on any atom is -0.469 e. The summed E-state index contributed by atoms with van der Waals surface area (Å²) in [7, 11) is 1.35. The summed E-state index contributed by atoms with van der Waals surface area (Å²) in [6.07, 6.45) is 2.49. The van der Waals surface area contributed by atoms with Crippen molar-refractivity contribution in [2.45, 2.75) is 25.7 Å². The second kappa shape index (κ2) is 7.08. The van der Waals surface area contributed by atoms with Crippen molar-refractivity contribution >= 4 is 11.9 Å². The molecule has 1 aromatic carbocycles. The van der Waals surface area contributed by atoms with Crippen LogP contribution in [0.2, 0.25) is 0 Å². The van der Waals surface area contributed by atoms with Crippen molar-refractivity contribution in [3.05, 3.63) is 35.9 Å². The van der Waals surface area contributed by atoms with Crippen LogP contribution >= 0.6 is 0 Å². The van der Waals surface area contributed by atoms with Crippen LogP contribution in [0.15, 0.2) is 30.3 Å². The fourth-order valence-electron chi connectivity index (χ4n) is 2.64. The van der Waals surface area contributed by atoms with Crippen molar-refractivity contribution in [3.8, 4) is 0 Å². The second-order valence-electron chi connectivity index (χ2n) is 5.26. The summed E-state index contributed by atoms with van der Waals surface area (Å²) in [6.45, 7) is 1.60. The summed E-state index contributed by atoms with van der Waals surface area (Å²) in [5, 5.41) is 0. The lowest BCUT2D eigenvalue weighted by atomic mass is 9.99. The monoisotopic (exact) mass is 275 g/mol. The van der Waals surface area contributed by atoms with E-state index < -0.39 is 0 Å². The minimum absolute atomic E-state index is 0.0611. The summed E-state index contributed by atoms with van der Waals surface area (Å²) in [5.41, 5.74) is 1.32. The van der Waals surface area contributed by atoms with E-state index in [4.69, 9.17) is 0 Å². The molecule has 1 aliphatic heterocycles. The number of carbonyl (C=O) groups excluding carboxylic acids is 2. The Hall–Kier alpha value is -1.84. The molecule has 1 aliphatic rings. The molecule has 0 aliphatic carbocycles. The number of benzene rings is 1. The van der Waals surface area contributed by atoms with Crippen LogP contribution in [0, 0.1) is 5.92 Å². The molecule has 0 saturated carbocycles. The Kier molecular flexibility index (Phi) is 5.16. The zero-order valence-electron chi connectivity index (χ0n) is 11.9. The third-order valence-electron chi connectivity index (χ3n) is 3.78. The summed E-state index contributed by atoms with van der Waals surface area (Å²) in [4.78, 5) is 24.9. The number of esters is 1. The number of hydrogen-bond acceptors (Lipinski definition) is 3. The number of hydrogen-bond donors (Lipinski definition) is 0. The van der Waals surface area contributed by atoms with E-state index in [-0.39, 0.29) is 24.7 Å². The summed E-state index contributed by atoms with van der Waals surface area (Å²) in [5.74, 6) is 0.267. The van der Waals surface area contributed by atoms with Crippen LogP contribution in [-0.2, 0) is 20.7 Å². The standard InChI is InChI=1S/C16H21NO3/c1-20-16(19)8-7-15(18)17-10-9-14(12-17)11-13-5-3-2-4-6-13/h2-6,14H,7-12H2,1H3/t14-/m0/s1.